The van der Waals surface area contributed by atoms with Gasteiger partial charge in [-0.2, -0.15) is 0 Å². The second-order valence-corrected chi connectivity index (χ2v) is 8.52. The number of amides is 1. The fourth-order valence-electron chi connectivity index (χ4n) is 4.45. The van der Waals surface area contributed by atoms with Gasteiger partial charge in [-0.15, -0.1) is 0 Å². The first kappa shape index (κ1) is 20.7. The number of likely N-dealkylation sites (N-methyl/N-ethyl adjacent to an activating group) is 1. The van der Waals surface area contributed by atoms with Crippen molar-refractivity contribution in [2.75, 3.05) is 39.8 Å². The van der Waals surface area contributed by atoms with Crippen molar-refractivity contribution in [2.24, 2.45) is 0 Å². The van der Waals surface area contributed by atoms with Gasteiger partial charge in [-0.25, -0.2) is 0 Å². The molecule has 6 heteroatoms. The maximum atomic E-state index is 13.0. The summed E-state index contributed by atoms with van der Waals surface area (Å²) < 4.78 is 11.9. The first-order valence-corrected chi connectivity index (χ1v) is 10.6. The van der Waals surface area contributed by atoms with Crippen LogP contribution in [0, 0.1) is 27.7 Å². The number of nitrogens with one attached hydrogen (secondary N) is 1. The zero-order valence-electron chi connectivity index (χ0n) is 18.5. The molecule has 6 nitrogen and oxygen atoms in total. The van der Waals surface area contributed by atoms with Crippen LogP contribution < -0.4 is 5.32 Å². The van der Waals surface area contributed by atoms with Crippen molar-refractivity contribution in [3.8, 4) is 0 Å². The van der Waals surface area contributed by atoms with Gasteiger partial charge >= 0.3 is 0 Å². The average Bonchev–Trinajstić information content (AvgIpc) is 3.26. The minimum atomic E-state index is -0.178. The average molecular weight is 410 g/mol. The molecule has 1 aliphatic rings. The van der Waals surface area contributed by atoms with E-state index < -0.39 is 0 Å². The number of fused-ring (bicyclic) bond motifs is 1. The van der Waals surface area contributed by atoms with E-state index in [2.05, 4.69) is 35.2 Å². The molecule has 160 valence electrons. The number of rotatable bonds is 5. The highest BCUT2D eigenvalue weighted by Crippen LogP contribution is 2.30. The predicted molar refractivity (Wildman–Crippen MR) is 118 cm³/mol. The Morgan fingerprint density at radius 3 is 2.47 bits per heavy atom. The number of hydrogen-bond donors (Lipinski definition) is 1. The maximum absolute atomic E-state index is 13.0. The number of piperazine rings is 1. The van der Waals surface area contributed by atoms with E-state index in [0.717, 1.165) is 65.4 Å². The van der Waals surface area contributed by atoms with Gasteiger partial charge in [0.15, 0.2) is 5.76 Å². The molecule has 1 atom stereocenters. The van der Waals surface area contributed by atoms with Crippen molar-refractivity contribution in [1.29, 1.82) is 0 Å². The fraction of sp³-hybridized carbons (Fsp3) is 0.458. The van der Waals surface area contributed by atoms with Crippen LogP contribution >= 0.6 is 0 Å². The highest BCUT2D eigenvalue weighted by molar-refractivity contribution is 6.00. The molecular weight excluding hydrogens is 378 g/mol. The number of carbonyl (C=O) groups is 1. The van der Waals surface area contributed by atoms with Crippen molar-refractivity contribution < 1.29 is 13.6 Å². The van der Waals surface area contributed by atoms with Crippen molar-refractivity contribution in [3.05, 3.63) is 58.2 Å². The zero-order chi connectivity index (χ0) is 21.4. The van der Waals surface area contributed by atoms with Crippen LogP contribution in [0.3, 0.4) is 0 Å². The van der Waals surface area contributed by atoms with E-state index in [9.17, 15) is 4.79 Å². The molecule has 1 aliphatic heterocycles. The minimum absolute atomic E-state index is 0.00464. The van der Waals surface area contributed by atoms with Crippen LogP contribution in [0.2, 0.25) is 0 Å². The largest absolute Gasteiger partial charge is 0.465 e. The van der Waals surface area contributed by atoms with Crippen LogP contribution in [0.1, 0.15) is 44.8 Å². The molecule has 1 saturated heterocycles. The molecule has 0 saturated carbocycles. The third-order valence-electron chi connectivity index (χ3n) is 6.10. The highest BCUT2D eigenvalue weighted by atomic mass is 16.3. The lowest BCUT2D eigenvalue weighted by molar-refractivity contribution is 0.0831. The van der Waals surface area contributed by atoms with Crippen LogP contribution in [0.4, 0.5) is 0 Å². The topological polar surface area (TPSA) is 61.9 Å². The monoisotopic (exact) mass is 409 g/mol. The Kier molecular flexibility index (Phi) is 5.71. The molecule has 4 rings (SSSR count). The molecule has 0 unspecified atom stereocenters. The Hall–Kier alpha value is -2.57. The van der Waals surface area contributed by atoms with Gasteiger partial charge in [0.2, 0.25) is 0 Å². The molecule has 3 aromatic rings. The summed E-state index contributed by atoms with van der Waals surface area (Å²) in [6.07, 6.45) is 0. The first-order chi connectivity index (χ1) is 14.3. The van der Waals surface area contributed by atoms with E-state index in [0.29, 0.717) is 12.3 Å². The van der Waals surface area contributed by atoms with Crippen molar-refractivity contribution in [2.45, 2.75) is 33.7 Å². The molecule has 1 N–H and O–H groups in total. The molecule has 1 amide bonds. The van der Waals surface area contributed by atoms with Crippen LogP contribution in [0.5, 0.6) is 0 Å². The lowest BCUT2D eigenvalue weighted by atomic mass is 10.0. The van der Waals surface area contributed by atoms with E-state index in [-0.39, 0.29) is 11.9 Å². The van der Waals surface area contributed by atoms with Crippen LogP contribution in [-0.2, 0) is 0 Å². The number of hydrogen-bond acceptors (Lipinski definition) is 5. The summed E-state index contributed by atoms with van der Waals surface area (Å²) in [4.78, 5) is 17.8. The Bertz CT molecular complexity index is 1060. The Labute approximate surface area is 177 Å². The fourth-order valence-corrected chi connectivity index (χ4v) is 4.45. The maximum Gasteiger partial charge on any atom is 0.287 e. The Morgan fingerprint density at radius 2 is 1.80 bits per heavy atom. The Balaban J connectivity index is 1.55. The summed E-state index contributed by atoms with van der Waals surface area (Å²) in [5.74, 6) is 1.99. The standard InChI is InChI=1S/C24H31N3O3/c1-15-12-16(2)22-18(4)23(30-21(22)13-15)24(28)25-14-19(20-7-6-17(3)29-20)27-10-8-26(5)9-11-27/h6-7,12-13,19H,8-11,14H2,1-5H3,(H,25,28)/t19-/m1/s1. The molecule has 30 heavy (non-hydrogen) atoms. The third kappa shape index (κ3) is 4.02. The molecule has 0 spiro atoms. The van der Waals surface area contributed by atoms with Gasteiger partial charge in [-0.1, -0.05) is 6.07 Å². The number of carbonyl (C=O) groups excluding carboxylic acids is 1. The van der Waals surface area contributed by atoms with Gasteiger partial charge in [0.05, 0.1) is 6.04 Å². The number of benzene rings is 1. The number of nitrogens with zero attached hydrogens (tertiary/aromatic N) is 2. The SMILES string of the molecule is Cc1cc(C)c2c(C)c(C(=O)NC[C@H](c3ccc(C)o3)N3CCN(C)CC3)oc2c1. The lowest BCUT2D eigenvalue weighted by Crippen LogP contribution is -2.48. The smallest absolute Gasteiger partial charge is 0.287 e. The van der Waals surface area contributed by atoms with Gasteiger partial charge in [0.25, 0.3) is 5.91 Å². The zero-order valence-corrected chi connectivity index (χ0v) is 18.5. The summed E-state index contributed by atoms with van der Waals surface area (Å²) in [7, 11) is 2.14. The van der Waals surface area contributed by atoms with Crippen LogP contribution in [0.15, 0.2) is 33.1 Å². The molecule has 2 aromatic heterocycles. The van der Waals surface area contributed by atoms with Gasteiger partial charge in [-0.3, -0.25) is 9.69 Å². The summed E-state index contributed by atoms with van der Waals surface area (Å²) >= 11 is 0. The second kappa shape index (κ2) is 8.28. The predicted octanol–water partition coefficient (Wildman–Crippen LogP) is 3.98. The molecule has 0 radical (unpaired) electrons. The highest BCUT2D eigenvalue weighted by Gasteiger charge is 2.28. The summed E-state index contributed by atoms with van der Waals surface area (Å²) in [6.45, 7) is 12.4. The van der Waals surface area contributed by atoms with E-state index in [1.807, 2.05) is 39.0 Å². The Morgan fingerprint density at radius 1 is 1.07 bits per heavy atom. The van der Waals surface area contributed by atoms with E-state index in [1.54, 1.807) is 0 Å². The molecule has 1 fully saturated rings. The lowest BCUT2D eigenvalue weighted by Gasteiger charge is -2.37. The second-order valence-electron chi connectivity index (χ2n) is 8.52. The van der Waals surface area contributed by atoms with Crippen molar-refractivity contribution in [1.82, 2.24) is 15.1 Å². The van der Waals surface area contributed by atoms with Gasteiger partial charge in [0.1, 0.15) is 17.1 Å². The van der Waals surface area contributed by atoms with Gasteiger partial charge in [0, 0.05) is 43.7 Å². The molecule has 3 heterocycles. The van der Waals surface area contributed by atoms with Crippen LogP contribution in [-0.4, -0.2) is 55.5 Å². The van der Waals surface area contributed by atoms with Gasteiger partial charge < -0.3 is 19.1 Å². The van der Waals surface area contributed by atoms with E-state index in [1.165, 1.54) is 0 Å². The van der Waals surface area contributed by atoms with Crippen molar-refractivity contribution in [3.63, 3.8) is 0 Å². The molecule has 0 bridgehead atoms. The summed E-state index contributed by atoms with van der Waals surface area (Å²) in [5, 5.41) is 4.13. The summed E-state index contributed by atoms with van der Waals surface area (Å²) in [5.41, 5.74) is 3.92. The molecule has 0 aliphatic carbocycles. The summed E-state index contributed by atoms with van der Waals surface area (Å²) in [6, 6.07) is 8.11. The van der Waals surface area contributed by atoms with E-state index in [4.69, 9.17) is 8.83 Å². The van der Waals surface area contributed by atoms with Gasteiger partial charge in [-0.05, 0) is 64.1 Å². The minimum Gasteiger partial charge on any atom is -0.465 e. The normalized spacial score (nSPS) is 16.8. The molecule has 1 aromatic carbocycles. The quantitative estimate of drug-likeness (QED) is 0.691. The van der Waals surface area contributed by atoms with Crippen LogP contribution in [0.25, 0.3) is 11.0 Å². The van der Waals surface area contributed by atoms with E-state index >= 15 is 0 Å². The molecular formula is C24H31N3O3. The first-order valence-electron chi connectivity index (χ1n) is 10.6. The number of aryl methyl sites for hydroxylation is 4. The third-order valence-corrected chi connectivity index (χ3v) is 6.10. The van der Waals surface area contributed by atoms with Crippen molar-refractivity contribution >= 4 is 16.9 Å². The number of furan rings is 2.